The van der Waals surface area contributed by atoms with E-state index in [0.717, 1.165) is 19.3 Å². The number of rotatable bonds is 10. The van der Waals surface area contributed by atoms with Crippen molar-refractivity contribution in [1.29, 1.82) is 0 Å². The van der Waals surface area contributed by atoms with Gasteiger partial charge in [-0.25, -0.2) is 0 Å². The molecular weight excluding hydrogens is 329 g/mol. The summed E-state index contributed by atoms with van der Waals surface area (Å²) in [5.41, 5.74) is 0. The first-order valence-corrected chi connectivity index (χ1v) is 7.80. The fourth-order valence-electron chi connectivity index (χ4n) is 1.79. The lowest BCUT2D eigenvalue weighted by molar-refractivity contribution is -0.137. The molecule has 0 bridgehead atoms. The SMILES string of the molecule is O=C(O)CCCCCCNC(=O)COc1cc(Cl)cc(Cl)c1. The molecule has 1 aromatic rings. The molecule has 0 atom stereocenters. The van der Waals surface area contributed by atoms with Gasteiger partial charge in [0.15, 0.2) is 6.61 Å². The van der Waals surface area contributed by atoms with E-state index >= 15 is 0 Å². The van der Waals surface area contributed by atoms with Crippen LogP contribution >= 0.6 is 23.2 Å². The Morgan fingerprint density at radius 2 is 1.68 bits per heavy atom. The average molecular weight is 348 g/mol. The van der Waals surface area contributed by atoms with Crippen LogP contribution in [0.2, 0.25) is 10.0 Å². The smallest absolute Gasteiger partial charge is 0.303 e. The van der Waals surface area contributed by atoms with Gasteiger partial charge >= 0.3 is 5.97 Å². The normalized spacial score (nSPS) is 10.3. The van der Waals surface area contributed by atoms with E-state index in [4.69, 9.17) is 33.0 Å². The molecule has 0 saturated carbocycles. The second-order valence-electron chi connectivity index (χ2n) is 4.80. The molecule has 1 rings (SSSR count). The fraction of sp³-hybridized carbons (Fsp3) is 0.467. The highest BCUT2D eigenvalue weighted by Crippen LogP contribution is 2.23. The molecule has 0 aliphatic heterocycles. The summed E-state index contributed by atoms with van der Waals surface area (Å²) in [5, 5.41) is 12.1. The molecule has 0 spiro atoms. The zero-order valence-electron chi connectivity index (χ0n) is 12.1. The lowest BCUT2D eigenvalue weighted by Crippen LogP contribution is -2.29. The number of hydrogen-bond acceptors (Lipinski definition) is 3. The highest BCUT2D eigenvalue weighted by atomic mass is 35.5. The monoisotopic (exact) mass is 347 g/mol. The van der Waals surface area contributed by atoms with Crippen LogP contribution in [0.5, 0.6) is 5.75 Å². The standard InChI is InChI=1S/C15H19Cl2NO4/c16-11-7-12(17)9-13(8-11)22-10-14(19)18-6-4-2-1-3-5-15(20)21/h7-9H,1-6,10H2,(H,18,19)(H,20,21). The second-order valence-corrected chi connectivity index (χ2v) is 5.67. The maximum atomic E-state index is 11.6. The van der Waals surface area contributed by atoms with Crippen molar-refractivity contribution in [2.45, 2.75) is 32.1 Å². The number of carboxylic acid groups (broad SMARTS) is 1. The van der Waals surface area contributed by atoms with Crippen LogP contribution < -0.4 is 10.1 Å². The number of ether oxygens (including phenoxy) is 1. The minimum Gasteiger partial charge on any atom is -0.484 e. The Balaban J connectivity index is 2.10. The number of carbonyl (C=O) groups is 2. The van der Waals surface area contributed by atoms with Gasteiger partial charge in [-0.1, -0.05) is 36.0 Å². The third kappa shape index (κ3) is 8.74. The summed E-state index contributed by atoms with van der Waals surface area (Å²) in [7, 11) is 0. The number of carbonyl (C=O) groups excluding carboxylic acids is 1. The first kappa shape index (κ1) is 18.6. The van der Waals surface area contributed by atoms with E-state index in [1.165, 1.54) is 0 Å². The van der Waals surface area contributed by atoms with E-state index in [-0.39, 0.29) is 18.9 Å². The zero-order chi connectivity index (χ0) is 16.4. The van der Waals surface area contributed by atoms with E-state index in [0.29, 0.717) is 28.8 Å². The first-order chi connectivity index (χ1) is 10.5. The predicted octanol–water partition coefficient (Wildman–Crippen LogP) is 3.52. The second kappa shape index (κ2) is 10.3. The lowest BCUT2D eigenvalue weighted by Gasteiger charge is -2.08. The maximum absolute atomic E-state index is 11.6. The van der Waals surface area contributed by atoms with E-state index < -0.39 is 5.97 Å². The molecular formula is C15H19Cl2NO4. The molecule has 0 aliphatic rings. The fourth-order valence-corrected chi connectivity index (χ4v) is 2.30. The van der Waals surface area contributed by atoms with Gasteiger partial charge in [0.05, 0.1) is 0 Å². The highest BCUT2D eigenvalue weighted by Gasteiger charge is 2.04. The number of unbranched alkanes of at least 4 members (excludes halogenated alkanes) is 3. The van der Waals surface area contributed by atoms with Gasteiger partial charge in [0, 0.05) is 23.0 Å². The molecule has 7 heteroatoms. The Bertz CT molecular complexity index is 488. The summed E-state index contributed by atoms with van der Waals surface area (Å²) in [6.45, 7) is 0.446. The van der Waals surface area contributed by atoms with Crippen molar-refractivity contribution >= 4 is 35.1 Å². The maximum Gasteiger partial charge on any atom is 0.303 e. The largest absolute Gasteiger partial charge is 0.484 e. The quantitative estimate of drug-likeness (QED) is 0.635. The summed E-state index contributed by atoms with van der Waals surface area (Å²) in [4.78, 5) is 21.9. The molecule has 122 valence electrons. The van der Waals surface area contributed by atoms with Gasteiger partial charge in [-0.3, -0.25) is 9.59 Å². The van der Waals surface area contributed by atoms with Crippen molar-refractivity contribution < 1.29 is 19.4 Å². The Kier molecular flexibility index (Phi) is 8.70. The lowest BCUT2D eigenvalue weighted by atomic mass is 10.1. The zero-order valence-corrected chi connectivity index (χ0v) is 13.6. The van der Waals surface area contributed by atoms with Crippen LogP contribution in [0.25, 0.3) is 0 Å². The predicted molar refractivity (Wildman–Crippen MR) is 85.7 cm³/mol. The van der Waals surface area contributed by atoms with E-state index in [1.807, 2.05) is 0 Å². The number of halogens is 2. The number of benzene rings is 1. The number of nitrogens with one attached hydrogen (secondary N) is 1. The van der Waals surface area contributed by atoms with Crippen molar-refractivity contribution in [3.63, 3.8) is 0 Å². The van der Waals surface area contributed by atoms with Gasteiger partial charge in [0.1, 0.15) is 5.75 Å². The van der Waals surface area contributed by atoms with Crippen molar-refractivity contribution in [1.82, 2.24) is 5.32 Å². The number of amides is 1. The summed E-state index contributed by atoms with van der Waals surface area (Å²) < 4.78 is 5.31. The minimum atomic E-state index is -0.772. The Labute approximate surface area is 139 Å². The molecule has 0 fully saturated rings. The third-order valence-electron chi connectivity index (χ3n) is 2.85. The summed E-state index contributed by atoms with van der Waals surface area (Å²) in [6, 6.07) is 4.76. The molecule has 0 aliphatic carbocycles. The van der Waals surface area contributed by atoms with Gasteiger partial charge in [0.2, 0.25) is 0 Å². The third-order valence-corrected chi connectivity index (χ3v) is 3.28. The summed E-state index contributed by atoms with van der Waals surface area (Å²) >= 11 is 11.7. The minimum absolute atomic E-state index is 0.102. The summed E-state index contributed by atoms with van der Waals surface area (Å²) in [5.74, 6) is -0.547. The van der Waals surface area contributed by atoms with Crippen LogP contribution in [0.1, 0.15) is 32.1 Å². The molecule has 0 heterocycles. The van der Waals surface area contributed by atoms with Gasteiger partial charge < -0.3 is 15.2 Å². The number of carboxylic acids is 1. The number of aliphatic carboxylic acids is 1. The molecule has 2 N–H and O–H groups in total. The van der Waals surface area contributed by atoms with Crippen LogP contribution in [0, 0.1) is 0 Å². The molecule has 5 nitrogen and oxygen atoms in total. The Morgan fingerprint density at radius 3 is 2.32 bits per heavy atom. The molecule has 22 heavy (non-hydrogen) atoms. The molecule has 0 aromatic heterocycles. The van der Waals surface area contributed by atoms with Crippen molar-refractivity contribution in [3.8, 4) is 5.75 Å². The van der Waals surface area contributed by atoms with Crippen LogP contribution in [0.4, 0.5) is 0 Å². The average Bonchev–Trinajstić information content (AvgIpc) is 2.42. The van der Waals surface area contributed by atoms with Crippen LogP contribution in [-0.4, -0.2) is 30.1 Å². The Morgan fingerprint density at radius 1 is 1.05 bits per heavy atom. The van der Waals surface area contributed by atoms with Gasteiger partial charge in [-0.05, 0) is 31.0 Å². The molecule has 0 unspecified atom stereocenters. The van der Waals surface area contributed by atoms with Crippen molar-refractivity contribution in [2.24, 2.45) is 0 Å². The van der Waals surface area contributed by atoms with Crippen molar-refractivity contribution in [3.05, 3.63) is 28.2 Å². The van der Waals surface area contributed by atoms with E-state index in [2.05, 4.69) is 5.32 Å². The van der Waals surface area contributed by atoms with Gasteiger partial charge in [-0.15, -0.1) is 0 Å². The topological polar surface area (TPSA) is 75.6 Å². The van der Waals surface area contributed by atoms with E-state index in [9.17, 15) is 9.59 Å². The van der Waals surface area contributed by atoms with Gasteiger partial charge in [-0.2, -0.15) is 0 Å². The first-order valence-electron chi connectivity index (χ1n) is 7.05. The molecule has 1 aromatic carbocycles. The molecule has 1 amide bonds. The van der Waals surface area contributed by atoms with Crippen LogP contribution in [-0.2, 0) is 9.59 Å². The van der Waals surface area contributed by atoms with Crippen molar-refractivity contribution in [2.75, 3.05) is 13.2 Å². The van der Waals surface area contributed by atoms with Crippen LogP contribution in [0.3, 0.4) is 0 Å². The van der Waals surface area contributed by atoms with E-state index in [1.54, 1.807) is 18.2 Å². The van der Waals surface area contributed by atoms with Crippen LogP contribution in [0.15, 0.2) is 18.2 Å². The summed E-state index contributed by atoms with van der Waals surface area (Å²) in [6.07, 6.45) is 3.41. The number of hydrogen-bond donors (Lipinski definition) is 2. The highest BCUT2D eigenvalue weighted by molar-refractivity contribution is 6.34. The Hall–Kier alpha value is -1.46. The molecule has 0 saturated heterocycles. The molecule has 0 radical (unpaired) electrons. The van der Waals surface area contributed by atoms with Gasteiger partial charge in [0.25, 0.3) is 5.91 Å².